The predicted molar refractivity (Wildman–Crippen MR) is 81.7 cm³/mol. The lowest BCUT2D eigenvalue weighted by molar-refractivity contribution is -0.135. The fraction of sp³-hybridized carbons (Fsp3) is 0.471. The number of carbonyl (C=O) groups excluding carboxylic acids is 2. The Labute approximate surface area is 134 Å². The molecule has 2 unspecified atom stereocenters. The zero-order valence-corrected chi connectivity index (χ0v) is 13.0. The summed E-state index contributed by atoms with van der Waals surface area (Å²) >= 11 is 0. The van der Waals surface area contributed by atoms with Gasteiger partial charge in [0.05, 0.1) is 32.2 Å². The summed E-state index contributed by atoms with van der Waals surface area (Å²) in [7, 11) is 0. The van der Waals surface area contributed by atoms with Crippen LogP contribution in [0.25, 0.3) is 0 Å². The summed E-state index contributed by atoms with van der Waals surface area (Å²) in [6.07, 6.45) is 0.450. The third-order valence-corrected chi connectivity index (χ3v) is 4.16. The number of carbonyl (C=O) groups is 2. The molecule has 2 aliphatic rings. The molecule has 0 aromatic heterocycles. The Morgan fingerprint density at radius 1 is 1.39 bits per heavy atom. The van der Waals surface area contributed by atoms with Crippen molar-refractivity contribution in [2.75, 3.05) is 13.2 Å². The van der Waals surface area contributed by atoms with E-state index in [0.717, 1.165) is 5.56 Å². The smallest absolute Gasteiger partial charge is 0.356 e. The number of ether oxygens (including phenoxy) is 2. The SMILES string of the molecule is CCOC(=O)C1=NOC2(COCc3ccccc3)CC(=O)CC12. The second-order valence-electron chi connectivity index (χ2n) is 5.80. The minimum atomic E-state index is -0.867. The maximum absolute atomic E-state index is 11.9. The standard InChI is InChI=1S/C17H19NO5/c1-2-22-16(20)15-14-8-13(19)9-17(14,23-18-15)11-21-10-12-6-4-3-5-7-12/h3-7,14H,2,8-11H2,1H3. The van der Waals surface area contributed by atoms with Crippen LogP contribution in [0, 0.1) is 5.92 Å². The minimum absolute atomic E-state index is 0.0509. The third-order valence-electron chi connectivity index (χ3n) is 4.16. The van der Waals surface area contributed by atoms with Gasteiger partial charge in [-0.15, -0.1) is 0 Å². The molecule has 1 aliphatic carbocycles. The van der Waals surface area contributed by atoms with Gasteiger partial charge in [0, 0.05) is 6.42 Å². The van der Waals surface area contributed by atoms with Gasteiger partial charge in [-0.25, -0.2) is 4.79 Å². The van der Waals surface area contributed by atoms with Crippen LogP contribution >= 0.6 is 0 Å². The first-order valence-corrected chi connectivity index (χ1v) is 7.71. The summed E-state index contributed by atoms with van der Waals surface area (Å²) in [6.45, 7) is 2.62. The predicted octanol–water partition coefficient (Wildman–Crippen LogP) is 1.87. The van der Waals surface area contributed by atoms with E-state index in [1.54, 1.807) is 6.92 Å². The lowest BCUT2D eigenvalue weighted by Gasteiger charge is -2.25. The first kappa shape index (κ1) is 15.7. The number of Topliss-reactive ketones (excluding diaryl/α,β-unsaturated/α-hetero) is 1. The van der Waals surface area contributed by atoms with Gasteiger partial charge in [0.2, 0.25) is 0 Å². The molecule has 0 amide bonds. The Morgan fingerprint density at radius 2 is 2.17 bits per heavy atom. The first-order valence-electron chi connectivity index (χ1n) is 7.71. The highest BCUT2D eigenvalue weighted by Gasteiger charge is 2.57. The highest BCUT2D eigenvalue weighted by molar-refractivity contribution is 6.38. The number of esters is 1. The van der Waals surface area contributed by atoms with Crippen LogP contribution in [0.3, 0.4) is 0 Å². The number of oxime groups is 1. The summed E-state index contributed by atoms with van der Waals surface area (Å²) in [5, 5.41) is 3.88. The van der Waals surface area contributed by atoms with Crippen molar-refractivity contribution in [2.24, 2.45) is 11.1 Å². The van der Waals surface area contributed by atoms with Gasteiger partial charge in [0.15, 0.2) is 11.3 Å². The quantitative estimate of drug-likeness (QED) is 0.749. The van der Waals surface area contributed by atoms with E-state index in [-0.39, 0.29) is 43.5 Å². The van der Waals surface area contributed by atoms with E-state index in [9.17, 15) is 9.59 Å². The normalized spacial score (nSPS) is 25.7. The van der Waals surface area contributed by atoms with Crippen molar-refractivity contribution in [1.29, 1.82) is 0 Å². The molecule has 1 aromatic carbocycles. The number of hydrogen-bond acceptors (Lipinski definition) is 6. The van der Waals surface area contributed by atoms with Gasteiger partial charge < -0.3 is 14.3 Å². The molecule has 0 saturated heterocycles. The molecule has 1 heterocycles. The highest BCUT2D eigenvalue weighted by Crippen LogP contribution is 2.42. The molecule has 0 bridgehead atoms. The van der Waals surface area contributed by atoms with Crippen LogP contribution in [-0.2, 0) is 30.5 Å². The Hall–Kier alpha value is -2.21. The van der Waals surface area contributed by atoms with E-state index in [4.69, 9.17) is 14.3 Å². The molecule has 2 atom stereocenters. The van der Waals surface area contributed by atoms with Crippen molar-refractivity contribution in [2.45, 2.75) is 32.0 Å². The number of nitrogens with zero attached hydrogens (tertiary/aromatic N) is 1. The Bertz CT molecular complexity index is 627. The lowest BCUT2D eigenvalue weighted by Crippen LogP contribution is -2.41. The number of fused-ring (bicyclic) bond motifs is 1. The van der Waals surface area contributed by atoms with E-state index in [0.29, 0.717) is 6.61 Å². The van der Waals surface area contributed by atoms with Gasteiger partial charge >= 0.3 is 5.97 Å². The number of benzene rings is 1. The molecule has 0 radical (unpaired) electrons. The van der Waals surface area contributed by atoms with E-state index in [1.165, 1.54) is 0 Å². The largest absolute Gasteiger partial charge is 0.461 e. The maximum Gasteiger partial charge on any atom is 0.356 e. The maximum atomic E-state index is 11.9. The summed E-state index contributed by atoms with van der Waals surface area (Å²) < 4.78 is 10.7. The first-order chi connectivity index (χ1) is 11.1. The molecule has 1 aliphatic heterocycles. The Kier molecular flexibility index (Phi) is 4.43. The van der Waals surface area contributed by atoms with Crippen LogP contribution in [0.15, 0.2) is 35.5 Å². The van der Waals surface area contributed by atoms with Crippen molar-refractivity contribution in [3.8, 4) is 0 Å². The van der Waals surface area contributed by atoms with Gasteiger partial charge in [-0.05, 0) is 12.5 Å². The topological polar surface area (TPSA) is 74.2 Å². The van der Waals surface area contributed by atoms with Crippen LogP contribution in [-0.4, -0.2) is 36.3 Å². The van der Waals surface area contributed by atoms with Crippen molar-refractivity contribution in [3.63, 3.8) is 0 Å². The molecule has 1 aromatic rings. The van der Waals surface area contributed by atoms with Gasteiger partial charge in [0.25, 0.3) is 0 Å². The molecule has 0 spiro atoms. The molecule has 1 saturated carbocycles. The average Bonchev–Trinajstić information content (AvgIpc) is 3.02. The van der Waals surface area contributed by atoms with Crippen molar-refractivity contribution < 1.29 is 23.9 Å². The van der Waals surface area contributed by atoms with Crippen LogP contribution in [0.2, 0.25) is 0 Å². The van der Waals surface area contributed by atoms with E-state index >= 15 is 0 Å². The van der Waals surface area contributed by atoms with Gasteiger partial charge in [-0.2, -0.15) is 0 Å². The second-order valence-corrected chi connectivity index (χ2v) is 5.80. The molecular weight excluding hydrogens is 298 g/mol. The fourth-order valence-corrected chi connectivity index (χ4v) is 3.07. The molecule has 1 fully saturated rings. The van der Waals surface area contributed by atoms with Gasteiger partial charge in [-0.1, -0.05) is 35.5 Å². The fourth-order valence-electron chi connectivity index (χ4n) is 3.07. The zero-order valence-electron chi connectivity index (χ0n) is 13.0. The molecule has 3 rings (SSSR count). The molecule has 122 valence electrons. The van der Waals surface area contributed by atoms with Crippen LogP contribution < -0.4 is 0 Å². The number of rotatable bonds is 6. The van der Waals surface area contributed by atoms with Gasteiger partial charge in [-0.3, -0.25) is 4.79 Å². The van der Waals surface area contributed by atoms with Crippen LogP contribution in [0.1, 0.15) is 25.3 Å². The highest BCUT2D eigenvalue weighted by atomic mass is 16.7. The monoisotopic (exact) mass is 317 g/mol. The molecule has 6 nitrogen and oxygen atoms in total. The number of hydrogen-bond donors (Lipinski definition) is 0. The molecule has 0 N–H and O–H groups in total. The van der Waals surface area contributed by atoms with Crippen molar-refractivity contribution in [1.82, 2.24) is 0 Å². The zero-order chi connectivity index (χ0) is 16.3. The molecule has 23 heavy (non-hydrogen) atoms. The van der Waals surface area contributed by atoms with Crippen molar-refractivity contribution in [3.05, 3.63) is 35.9 Å². The second kappa shape index (κ2) is 6.50. The van der Waals surface area contributed by atoms with E-state index in [2.05, 4.69) is 5.16 Å². The Balaban J connectivity index is 1.65. The lowest BCUT2D eigenvalue weighted by atomic mass is 9.88. The molecular formula is C17H19NO5. The third kappa shape index (κ3) is 3.12. The molecule has 6 heteroatoms. The van der Waals surface area contributed by atoms with E-state index < -0.39 is 11.6 Å². The van der Waals surface area contributed by atoms with Gasteiger partial charge in [0.1, 0.15) is 5.78 Å². The average molecular weight is 317 g/mol. The number of ketones is 1. The summed E-state index contributed by atoms with van der Waals surface area (Å²) in [5.41, 5.74) is 0.365. The van der Waals surface area contributed by atoms with E-state index in [1.807, 2.05) is 30.3 Å². The minimum Gasteiger partial charge on any atom is -0.461 e. The summed E-state index contributed by atoms with van der Waals surface area (Å²) in [4.78, 5) is 29.3. The summed E-state index contributed by atoms with van der Waals surface area (Å²) in [5.74, 6) is -0.850. The van der Waals surface area contributed by atoms with Crippen molar-refractivity contribution >= 4 is 17.5 Å². The Morgan fingerprint density at radius 3 is 2.91 bits per heavy atom. The van der Waals surface area contributed by atoms with Crippen LogP contribution in [0.4, 0.5) is 0 Å². The van der Waals surface area contributed by atoms with Crippen LogP contribution in [0.5, 0.6) is 0 Å². The summed E-state index contributed by atoms with van der Waals surface area (Å²) in [6, 6.07) is 9.74.